The zero-order valence-electron chi connectivity index (χ0n) is 11.4. The first-order valence-electron chi connectivity index (χ1n) is 6.98. The molecule has 2 heterocycles. The summed E-state index contributed by atoms with van der Waals surface area (Å²) in [6, 6.07) is 9.46. The van der Waals surface area contributed by atoms with Crippen LogP contribution >= 0.6 is 0 Å². The van der Waals surface area contributed by atoms with Gasteiger partial charge in [-0.25, -0.2) is 0 Å². The number of benzene rings is 1. The van der Waals surface area contributed by atoms with Gasteiger partial charge >= 0.3 is 0 Å². The third-order valence-corrected chi connectivity index (χ3v) is 4.37. The Kier molecular flexibility index (Phi) is 3.16. The molecule has 2 aliphatic rings. The van der Waals surface area contributed by atoms with Crippen LogP contribution in [0.3, 0.4) is 0 Å². The predicted octanol–water partition coefficient (Wildman–Crippen LogP) is 2.26. The predicted molar refractivity (Wildman–Crippen MR) is 77.3 cm³/mol. The number of nitrogens with one attached hydrogen (secondary N) is 1. The fourth-order valence-electron chi connectivity index (χ4n) is 3.21. The van der Waals surface area contributed by atoms with E-state index in [2.05, 4.69) is 53.5 Å². The quantitative estimate of drug-likeness (QED) is 0.881. The standard InChI is InChI=1S/C15H23N3/c1-17(2)14-5-3-13(4-6-14)16-15-8-10-18-9-7-12(15)11-18/h3-6,12,15-16H,7-11H2,1-2H3. The third-order valence-electron chi connectivity index (χ3n) is 4.37. The summed E-state index contributed by atoms with van der Waals surface area (Å²) in [4.78, 5) is 4.73. The van der Waals surface area contributed by atoms with Gasteiger partial charge in [-0.3, -0.25) is 0 Å². The average Bonchev–Trinajstić information content (AvgIpc) is 2.76. The van der Waals surface area contributed by atoms with Gasteiger partial charge in [0.05, 0.1) is 0 Å². The van der Waals surface area contributed by atoms with Crippen LogP contribution in [0.15, 0.2) is 24.3 Å². The lowest BCUT2D eigenvalue weighted by Gasteiger charge is -2.31. The SMILES string of the molecule is CN(C)c1ccc(NC2CCN3CCC2C3)cc1. The molecule has 2 bridgehead atoms. The van der Waals surface area contributed by atoms with Gasteiger partial charge in [0.25, 0.3) is 0 Å². The second-order valence-electron chi connectivity index (χ2n) is 5.83. The Morgan fingerprint density at radius 3 is 2.56 bits per heavy atom. The number of hydrogen-bond acceptors (Lipinski definition) is 3. The summed E-state index contributed by atoms with van der Waals surface area (Å²) in [5.74, 6) is 0.854. The molecule has 0 amide bonds. The lowest BCUT2D eigenvalue weighted by atomic mass is 9.94. The molecule has 2 aliphatic heterocycles. The Labute approximate surface area is 110 Å². The molecule has 2 fully saturated rings. The van der Waals surface area contributed by atoms with Crippen molar-refractivity contribution in [2.75, 3.05) is 43.9 Å². The van der Waals surface area contributed by atoms with E-state index in [4.69, 9.17) is 0 Å². The van der Waals surface area contributed by atoms with E-state index in [9.17, 15) is 0 Å². The molecule has 1 aromatic rings. The van der Waals surface area contributed by atoms with Gasteiger partial charge in [-0.1, -0.05) is 0 Å². The average molecular weight is 245 g/mol. The molecule has 2 saturated heterocycles. The van der Waals surface area contributed by atoms with Crippen LogP contribution in [0.5, 0.6) is 0 Å². The second-order valence-corrected chi connectivity index (χ2v) is 5.83. The molecule has 98 valence electrons. The molecule has 0 saturated carbocycles. The highest BCUT2D eigenvalue weighted by molar-refractivity contribution is 5.54. The van der Waals surface area contributed by atoms with Crippen molar-refractivity contribution in [2.24, 2.45) is 5.92 Å². The largest absolute Gasteiger partial charge is 0.382 e. The summed E-state index contributed by atoms with van der Waals surface area (Å²) in [6.45, 7) is 3.87. The summed E-state index contributed by atoms with van der Waals surface area (Å²) in [6.07, 6.45) is 2.66. The summed E-state index contributed by atoms with van der Waals surface area (Å²) < 4.78 is 0. The Balaban J connectivity index is 1.65. The molecule has 3 unspecified atom stereocenters. The molecule has 0 spiro atoms. The molecule has 3 atom stereocenters. The minimum atomic E-state index is 0.675. The number of piperidine rings is 1. The molecule has 18 heavy (non-hydrogen) atoms. The van der Waals surface area contributed by atoms with Gasteiger partial charge in [0.1, 0.15) is 0 Å². The van der Waals surface area contributed by atoms with E-state index in [1.165, 1.54) is 43.9 Å². The van der Waals surface area contributed by atoms with Gasteiger partial charge in [0.2, 0.25) is 0 Å². The highest BCUT2D eigenvalue weighted by Gasteiger charge is 2.33. The van der Waals surface area contributed by atoms with Crippen molar-refractivity contribution >= 4 is 11.4 Å². The first-order chi connectivity index (χ1) is 8.72. The molecule has 1 N–H and O–H groups in total. The van der Waals surface area contributed by atoms with E-state index in [1.54, 1.807) is 0 Å². The number of anilines is 2. The maximum atomic E-state index is 3.73. The molecule has 0 aliphatic carbocycles. The second kappa shape index (κ2) is 4.81. The summed E-state index contributed by atoms with van der Waals surface area (Å²) in [5, 5.41) is 3.73. The maximum Gasteiger partial charge on any atom is 0.0362 e. The molecule has 1 aromatic carbocycles. The summed E-state index contributed by atoms with van der Waals surface area (Å²) in [5.41, 5.74) is 2.53. The Bertz CT molecular complexity index is 399. The maximum absolute atomic E-state index is 3.73. The molecular weight excluding hydrogens is 222 g/mol. The van der Waals surface area contributed by atoms with Crippen LogP contribution in [0.2, 0.25) is 0 Å². The molecule has 3 rings (SSSR count). The molecule has 3 nitrogen and oxygen atoms in total. The Hall–Kier alpha value is -1.22. The van der Waals surface area contributed by atoms with Gasteiger partial charge in [-0.2, -0.15) is 0 Å². The minimum absolute atomic E-state index is 0.675. The fourth-order valence-corrected chi connectivity index (χ4v) is 3.21. The third kappa shape index (κ3) is 2.32. The van der Waals surface area contributed by atoms with Gasteiger partial charge < -0.3 is 15.1 Å². The lowest BCUT2D eigenvalue weighted by Crippen LogP contribution is -2.39. The van der Waals surface area contributed by atoms with Gasteiger partial charge in [-0.15, -0.1) is 0 Å². The minimum Gasteiger partial charge on any atom is -0.382 e. The molecule has 0 radical (unpaired) electrons. The summed E-state index contributed by atoms with van der Waals surface area (Å²) >= 11 is 0. The van der Waals surface area contributed by atoms with Crippen molar-refractivity contribution in [2.45, 2.75) is 18.9 Å². The first-order valence-corrected chi connectivity index (χ1v) is 6.98. The van der Waals surface area contributed by atoms with Crippen molar-refractivity contribution in [3.8, 4) is 0 Å². The van der Waals surface area contributed by atoms with Crippen molar-refractivity contribution in [3.63, 3.8) is 0 Å². The summed E-state index contributed by atoms with van der Waals surface area (Å²) in [7, 11) is 4.16. The van der Waals surface area contributed by atoms with Crippen LogP contribution in [-0.2, 0) is 0 Å². The van der Waals surface area contributed by atoms with E-state index in [-0.39, 0.29) is 0 Å². The zero-order valence-corrected chi connectivity index (χ0v) is 11.4. The van der Waals surface area contributed by atoms with E-state index >= 15 is 0 Å². The number of nitrogens with zero attached hydrogens (tertiary/aromatic N) is 2. The van der Waals surface area contributed by atoms with Crippen molar-refractivity contribution in [1.82, 2.24) is 4.90 Å². The van der Waals surface area contributed by atoms with Gasteiger partial charge in [0, 0.05) is 44.6 Å². The van der Waals surface area contributed by atoms with E-state index in [1.807, 2.05) is 0 Å². The monoisotopic (exact) mass is 245 g/mol. The van der Waals surface area contributed by atoms with Crippen LogP contribution < -0.4 is 10.2 Å². The normalized spacial score (nSPS) is 30.2. The Morgan fingerprint density at radius 2 is 1.83 bits per heavy atom. The van der Waals surface area contributed by atoms with Crippen molar-refractivity contribution in [3.05, 3.63) is 24.3 Å². The van der Waals surface area contributed by atoms with Crippen LogP contribution in [0.1, 0.15) is 12.8 Å². The van der Waals surface area contributed by atoms with E-state index < -0.39 is 0 Å². The van der Waals surface area contributed by atoms with Gasteiger partial charge in [0.15, 0.2) is 0 Å². The number of fused-ring (bicyclic) bond motifs is 2. The molecular formula is C15H23N3. The highest BCUT2D eigenvalue weighted by atomic mass is 15.2. The lowest BCUT2D eigenvalue weighted by molar-refractivity contribution is 0.255. The number of hydrogen-bond donors (Lipinski definition) is 1. The topological polar surface area (TPSA) is 18.5 Å². The van der Waals surface area contributed by atoms with Crippen LogP contribution in [-0.4, -0.2) is 44.7 Å². The van der Waals surface area contributed by atoms with E-state index in [0.29, 0.717) is 6.04 Å². The van der Waals surface area contributed by atoms with Crippen LogP contribution in [0.25, 0.3) is 0 Å². The first kappa shape index (κ1) is 11.8. The smallest absolute Gasteiger partial charge is 0.0362 e. The fraction of sp³-hybridized carbons (Fsp3) is 0.600. The van der Waals surface area contributed by atoms with Crippen LogP contribution in [0, 0.1) is 5.92 Å². The van der Waals surface area contributed by atoms with Crippen molar-refractivity contribution in [1.29, 1.82) is 0 Å². The zero-order chi connectivity index (χ0) is 12.5. The highest BCUT2D eigenvalue weighted by Crippen LogP contribution is 2.29. The molecule has 3 heteroatoms. The molecule has 0 aromatic heterocycles. The number of rotatable bonds is 3. The Morgan fingerprint density at radius 1 is 1.11 bits per heavy atom. The van der Waals surface area contributed by atoms with E-state index in [0.717, 1.165) is 5.92 Å². The van der Waals surface area contributed by atoms with Crippen LogP contribution in [0.4, 0.5) is 11.4 Å². The van der Waals surface area contributed by atoms with Gasteiger partial charge in [-0.05, 0) is 49.6 Å². The van der Waals surface area contributed by atoms with Crippen molar-refractivity contribution < 1.29 is 0 Å².